The van der Waals surface area contributed by atoms with Crippen LogP contribution in [0, 0.1) is 0 Å². The average molecular weight is 565 g/mol. The van der Waals surface area contributed by atoms with Gasteiger partial charge in [0.25, 0.3) is 0 Å². The number of hydrogen-bond acceptors (Lipinski definition) is 4. The first-order valence-corrected chi connectivity index (χ1v) is 13.2. The van der Waals surface area contributed by atoms with Crippen LogP contribution in [-0.2, 0) is 6.42 Å². The molecule has 9 heteroatoms. The SMILES string of the molecule is C[C@@H]1CCCN1CCc1cc2cc(-c3cc(Cl)cc(Cl)c3)ccc2o1.OB(O)c1cc(Cl)cc(Cl)c1. The van der Waals surface area contributed by atoms with E-state index in [1.165, 1.54) is 37.6 Å². The highest BCUT2D eigenvalue weighted by molar-refractivity contribution is 6.59. The number of halogens is 4. The Labute approximate surface area is 231 Å². The van der Waals surface area contributed by atoms with Crippen LogP contribution in [0.2, 0.25) is 20.1 Å². The van der Waals surface area contributed by atoms with Crippen LogP contribution in [0.25, 0.3) is 22.1 Å². The summed E-state index contributed by atoms with van der Waals surface area (Å²) in [4.78, 5) is 2.55. The van der Waals surface area contributed by atoms with E-state index in [4.69, 9.17) is 60.9 Å². The summed E-state index contributed by atoms with van der Waals surface area (Å²) in [5.41, 5.74) is 3.34. The Kier molecular flexibility index (Phi) is 9.29. The van der Waals surface area contributed by atoms with Crippen molar-refractivity contribution >= 4 is 70.0 Å². The topological polar surface area (TPSA) is 56.8 Å². The third-order valence-electron chi connectivity index (χ3n) is 6.28. The predicted octanol–water partition coefficient (Wildman–Crippen LogP) is 7.11. The number of benzene rings is 3. The molecule has 1 atom stereocenters. The Bertz CT molecular complexity index is 1300. The monoisotopic (exact) mass is 563 g/mol. The Balaban J connectivity index is 0.000000233. The normalized spacial score (nSPS) is 15.7. The van der Waals surface area contributed by atoms with Gasteiger partial charge in [0.15, 0.2) is 0 Å². The zero-order chi connectivity index (χ0) is 25.8. The van der Waals surface area contributed by atoms with E-state index < -0.39 is 7.12 Å². The van der Waals surface area contributed by atoms with Crippen molar-refractivity contribution in [2.24, 2.45) is 0 Å². The summed E-state index contributed by atoms with van der Waals surface area (Å²) in [6.45, 7) is 4.59. The fourth-order valence-electron chi connectivity index (χ4n) is 4.42. The van der Waals surface area contributed by atoms with Crippen molar-refractivity contribution in [3.05, 3.63) is 86.5 Å². The van der Waals surface area contributed by atoms with Crippen LogP contribution >= 0.6 is 46.4 Å². The second kappa shape index (κ2) is 12.2. The maximum atomic E-state index is 8.71. The minimum atomic E-state index is -1.52. The van der Waals surface area contributed by atoms with E-state index in [0.29, 0.717) is 31.6 Å². The van der Waals surface area contributed by atoms with Gasteiger partial charge in [-0.2, -0.15) is 0 Å². The molecule has 0 bridgehead atoms. The molecule has 0 spiro atoms. The van der Waals surface area contributed by atoms with Crippen LogP contribution in [0.4, 0.5) is 0 Å². The van der Waals surface area contributed by atoms with E-state index in [2.05, 4.69) is 30.0 Å². The lowest BCUT2D eigenvalue weighted by molar-refractivity contribution is 0.266. The Morgan fingerprint density at radius 3 is 2.08 bits per heavy atom. The van der Waals surface area contributed by atoms with Gasteiger partial charge in [0.1, 0.15) is 11.3 Å². The number of furan rings is 1. The van der Waals surface area contributed by atoms with E-state index in [1.54, 1.807) is 6.07 Å². The molecule has 188 valence electrons. The van der Waals surface area contributed by atoms with Gasteiger partial charge in [0.05, 0.1) is 0 Å². The standard InChI is InChI=1S/C21H21Cl2NO.C6H5BCl2O2/c1-14-3-2-7-24(14)8-6-20-12-17-9-15(4-5-21(17)25-20)16-10-18(22)13-19(23)11-16;8-5-1-4(7(10)11)2-6(9)3-5/h4-5,9-14H,2-3,6-8H2,1H3;1-3,10-11H/t14-;/m1./s1. The molecule has 1 aromatic heterocycles. The van der Waals surface area contributed by atoms with Gasteiger partial charge in [-0.1, -0.05) is 52.5 Å². The second-order valence-electron chi connectivity index (χ2n) is 8.98. The summed E-state index contributed by atoms with van der Waals surface area (Å²) in [5, 5.41) is 20.6. The van der Waals surface area contributed by atoms with E-state index in [-0.39, 0.29) is 0 Å². The highest BCUT2D eigenvalue weighted by atomic mass is 35.5. The fourth-order valence-corrected chi connectivity index (χ4v) is 5.49. The van der Waals surface area contributed by atoms with Crippen molar-refractivity contribution in [3.63, 3.8) is 0 Å². The number of fused-ring (bicyclic) bond motifs is 1. The number of rotatable bonds is 5. The molecule has 0 aliphatic carbocycles. The summed E-state index contributed by atoms with van der Waals surface area (Å²) in [6, 6.07) is 19.1. The zero-order valence-electron chi connectivity index (χ0n) is 19.7. The molecule has 0 saturated carbocycles. The van der Waals surface area contributed by atoms with Crippen LogP contribution in [0.3, 0.4) is 0 Å². The highest BCUT2D eigenvalue weighted by Gasteiger charge is 2.20. The highest BCUT2D eigenvalue weighted by Crippen LogP contribution is 2.31. The zero-order valence-corrected chi connectivity index (χ0v) is 22.7. The van der Waals surface area contributed by atoms with Gasteiger partial charge in [-0.15, -0.1) is 0 Å². The average Bonchev–Trinajstić information content (AvgIpc) is 3.41. The predicted molar refractivity (Wildman–Crippen MR) is 152 cm³/mol. The van der Waals surface area contributed by atoms with Crippen molar-refractivity contribution in [3.8, 4) is 11.1 Å². The molecule has 2 N–H and O–H groups in total. The van der Waals surface area contributed by atoms with Crippen molar-refractivity contribution in [1.29, 1.82) is 0 Å². The number of nitrogens with zero attached hydrogens (tertiary/aromatic N) is 1. The van der Waals surface area contributed by atoms with Gasteiger partial charge in [-0.3, -0.25) is 0 Å². The number of hydrogen-bond donors (Lipinski definition) is 2. The molecule has 1 saturated heterocycles. The maximum Gasteiger partial charge on any atom is 0.488 e. The first-order chi connectivity index (χ1) is 17.2. The Hall–Kier alpha value is -1.70. The Morgan fingerprint density at radius 1 is 0.861 bits per heavy atom. The van der Waals surface area contributed by atoms with Crippen LogP contribution < -0.4 is 5.46 Å². The van der Waals surface area contributed by atoms with E-state index >= 15 is 0 Å². The Morgan fingerprint density at radius 2 is 1.50 bits per heavy atom. The molecular weight excluding hydrogens is 539 g/mol. The van der Waals surface area contributed by atoms with Gasteiger partial charge in [0.2, 0.25) is 0 Å². The van der Waals surface area contributed by atoms with Crippen LogP contribution in [0.15, 0.2) is 65.1 Å². The molecule has 5 rings (SSSR count). The largest absolute Gasteiger partial charge is 0.488 e. The number of likely N-dealkylation sites (tertiary alicyclic amines) is 1. The summed E-state index contributed by atoms with van der Waals surface area (Å²) in [6.07, 6.45) is 3.58. The van der Waals surface area contributed by atoms with E-state index in [0.717, 1.165) is 40.8 Å². The van der Waals surface area contributed by atoms with Gasteiger partial charge in [-0.25, -0.2) is 0 Å². The first kappa shape index (κ1) is 27.3. The van der Waals surface area contributed by atoms with Gasteiger partial charge < -0.3 is 19.4 Å². The quantitative estimate of drug-likeness (QED) is 0.254. The lowest BCUT2D eigenvalue weighted by Gasteiger charge is -2.19. The summed E-state index contributed by atoms with van der Waals surface area (Å²) in [5.74, 6) is 1.05. The molecule has 0 unspecified atom stereocenters. The maximum absolute atomic E-state index is 8.71. The van der Waals surface area contributed by atoms with Gasteiger partial charge in [-0.05, 0) is 97.5 Å². The van der Waals surface area contributed by atoms with E-state index in [1.807, 2.05) is 18.2 Å². The second-order valence-corrected chi connectivity index (χ2v) is 10.7. The molecular formula is C27H26BCl4NO3. The lowest BCUT2D eigenvalue weighted by Crippen LogP contribution is -2.29. The van der Waals surface area contributed by atoms with Crippen LogP contribution in [0.5, 0.6) is 0 Å². The molecule has 0 amide bonds. The van der Waals surface area contributed by atoms with Crippen LogP contribution in [-0.4, -0.2) is 41.2 Å². The van der Waals surface area contributed by atoms with Crippen LogP contribution in [0.1, 0.15) is 25.5 Å². The third kappa shape index (κ3) is 7.20. The molecule has 4 nitrogen and oxygen atoms in total. The smallest absolute Gasteiger partial charge is 0.461 e. The van der Waals surface area contributed by atoms with Gasteiger partial charge >= 0.3 is 7.12 Å². The molecule has 1 aliphatic rings. The lowest BCUT2D eigenvalue weighted by atomic mass is 9.80. The van der Waals surface area contributed by atoms with E-state index in [9.17, 15) is 0 Å². The molecule has 4 aromatic rings. The first-order valence-electron chi connectivity index (χ1n) is 11.7. The third-order valence-corrected chi connectivity index (χ3v) is 7.16. The van der Waals surface area contributed by atoms with Gasteiger partial charge in [0, 0.05) is 44.5 Å². The molecule has 1 fully saturated rings. The van der Waals surface area contributed by atoms with Crippen molar-refractivity contribution < 1.29 is 14.5 Å². The summed E-state index contributed by atoms with van der Waals surface area (Å²) >= 11 is 23.4. The molecule has 3 aromatic carbocycles. The molecule has 36 heavy (non-hydrogen) atoms. The summed E-state index contributed by atoms with van der Waals surface area (Å²) < 4.78 is 6.02. The molecule has 2 heterocycles. The molecule has 0 radical (unpaired) electrons. The molecule has 1 aliphatic heterocycles. The van der Waals surface area contributed by atoms with Crippen molar-refractivity contribution in [2.45, 2.75) is 32.2 Å². The van der Waals surface area contributed by atoms with Crippen molar-refractivity contribution in [2.75, 3.05) is 13.1 Å². The fraction of sp³-hybridized carbons (Fsp3) is 0.259. The summed E-state index contributed by atoms with van der Waals surface area (Å²) in [7, 11) is -1.52. The van der Waals surface area contributed by atoms with Crippen molar-refractivity contribution in [1.82, 2.24) is 4.90 Å². The minimum Gasteiger partial charge on any atom is -0.461 e. The minimum absolute atomic E-state index is 0.294.